The van der Waals surface area contributed by atoms with Gasteiger partial charge in [-0.05, 0) is 49.6 Å². The number of para-hydroxylation sites is 1. The van der Waals surface area contributed by atoms with Crippen LogP contribution in [0.1, 0.15) is 43.6 Å². The second kappa shape index (κ2) is 8.58. The van der Waals surface area contributed by atoms with E-state index < -0.39 is 17.5 Å². The Morgan fingerprint density at radius 2 is 1.86 bits per heavy atom. The fraction of sp³-hybridized carbons (Fsp3) is 0.370. The molecule has 3 aromatic rings. The van der Waals surface area contributed by atoms with Gasteiger partial charge in [0.2, 0.25) is 5.91 Å². The molecule has 186 valence electrons. The average molecular weight is 490 g/mol. The average Bonchev–Trinajstić information content (AvgIpc) is 3.54. The van der Waals surface area contributed by atoms with E-state index in [1.807, 2.05) is 36.4 Å². The molecule has 9 heteroatoms. The fourth-order valence-corrected chi connectivity index (χ4v) is 5.26. The van der Waals surface area contributed by atoms with Gasteiger partial charge < -0.3 is 24.1 Å². The fourth-order valence-electron chi connectivity index (χ4n) is 5.26. The van der Waals surface area contributed by atoms with Gasteiger partial charge in [-0.1, -0.05) is 24.3 Å². The van der Waals surface area contributed by atoms with Crippen LogP contribution in [0.5, 0.6) is 11.5 Å². The second-order valence-electron chi connectivity index (χ2n) is 9.60. The number of hydrogen-bond acceptors (Lipinski definition) is 6. The second-order valence-corrected chi connectivity index (χ2v) is 9.60. The molecule has 1 N–H and O–H groups in total. The number of nitrogens with zero attached hydrogens (tertiary/aromatic N) is 2. The normalized spacial score (nSPS) is 23.8. The number of carbonyl (C=O) groups is 3. The molecule has 4 heterocycles. The van der Waals surface area contributed by atoms with Gasteiger partial charge in [0.05, 0.1) is 19.3 Å². The van der Waals surface area contributed by atoms with E-state index in [1.165, 1.54) is 0 Å². The number of likely N-dealkylation sites (tertiary alicyclic amines) is 1. The highest BCUT2D eigenvalue weighted by atomic mass is 16.5. The summed E-state index contributed by atoms with van der Waals surface area (Å²) in [5.74, 6) is 0.938. The largest absolute Gasteiger partial charge is 0.490 e. The van der Waals surface area contributed by atoms with E-state index in [1.54, 1.807) is 24.0 Å². The Morgan fingerprint density at radius 1 is 1.06 bits per heavy atom. The Hall–Kier alpha value is -4.01. The molecular weight excluding hydrogens is 462 g/mol. The predicted octanol–water partition coefficient (Wildman–Crippen LogP) is 3.72. The topological polar surface area (TPSA) is 101 Å². The highest BCUT2D eigenvalue weighted by Gasteiger charge is 2.52. The van der Waals surface area contributed by atoms with Gasteiger partial charge >= 0.3 is 6.03 Å². The van der Waals surface area contributed by atoms with Crippen LogP contribution in [0.2, 0.25) is 0 Å². The lowest BCUT2D eigenvalue weighted by Gasteiger charge is -2.27. The molecule has 0 radical (unpaired) electrons. The molecule has 2 aromatic carbocycles. The number of nitrogens with one attached hydrogen (secondary N) is 1. The number of ether oxygens (including phenoxy) is 2. The summed E-state index contributed by atoms with van der Waals surface area (Å²) in [6, 6.07) is 14.2. The number of amides is 4. The zero-order valence-corrected chi connectivity index (χ0v) is 20.0. The van der Waals surface area contributed by atoms with E-state index in [9.17, 15) is 14.4 Å². The predicted molar refractivity (Wildman–Crippen MR) is 130 cm³/mol. The molecule has 2 fully saturated rings. The van der Waals surface area contributed by atoms with Crippen molar-refractivity contribution < 1.29 is 28.3 Å². The lowest BCUT2D eigenvalue weighted by Crippen LogP contribution is -2.44. The van der Waals surface area contributed by atoms with Crippen LogP contribution in [0.15, 0.2) is 52.9 Å². The summed E-state index contributed by atoms with van der Waals surface area (Å²) in [4.78, 5) is 42.3. The Labute approximate surface area is 207 Å². The molecule has 2 saturated heterocycles. The van der Waals surface area contributed by atoms with Crippen LogP contribution >= 0.6 is 0 Å². The van der Waals surface area contributed by atoms with Crippen LogP contribution < -0.4 is 14.8 Å². The van der Waals surface area contributed by atoms with E-state index in [0.29, 0.717) is 42.6 Å². The SMILES string of the molecule is C[C@@]1(c2cc3ccccc3o2)NC(=O)N(CC(=O)N2CCC[C@H]2c2ccc3c(c2)OCCCO3)C1=O. The first-order valence-electron chi connectivity index (χ1n) is 12.3. The van der Waals surface area contributed by atoms with Crippen molar-refractivity contribution in [3.05, 3.63) is 59.9 Å². The number of rotatable bonds is 4. The molecular formula is C27H27N3O6. The van der Waals surface area contributed by atoms with Gasteiger partial charge in [-0.3, -0.25) is 14.5 Å². The Kier molecular flexibility index (Phi) is 5.35. The van der Waals surface area contributed by atoms with Crippen molar-refractivity contribution >= 4 is 28.8 Å². The minimum Gasteiger partial charge on any atom is -0.490 e. The molecule has 36 heavy (non-hydrogen) atoms. The Morgan fingerprint density at radius 3 is 2.69 bits per heavy atom. The lowest BCUT2D eigenvalue weighted by molar-refractivity contribution is -0.139. The minimum absolute atomic E-state index is 0.155. The molecule has 0 unspecified atom stereocenters. The first-order valence-corrected chi connectivity index (χ1v) is 12.3. The molecule has 9 nitrogen and oxygen atoms in total. The molecule has 3 aliphatic rings. The first-order chi connectivity index (χ1) is 17.4. The third kappa shape index (κ3) is 3.66. The number of hydrogen-bond donors (Lipinski definition) is 1. The van der Waals surface area contributed by atoms with Crippen molar-refractivity contribution in [3.8, 4) is 11.5 Å². The number of fused-ring (bicyclic) bond motifs is 2. The van der Waals surface area contributed by atoms with Crippen molar-refractivity contribution in [2.75, 3.05) is 26.3 Å². The monoisotopic (exact) mass is 489 g/mol. The van der Waals surface area contributed by atoms with E-state index in [0.717, 1.165) is 35.1 Å². The molecule has 4 amide bonds. The Bertz CT molecular complexity index is 1330. The smallest absolute Gasteiger partial charge is 0.325 e. The Balaban J connectivity index is 1.21. The maximum Gasteiger partial charge on any atom is 0.325 e. The zero-order valence-electron chi connectivity index (χ0n) is 20.0. The highest BCUT2D eigenvalue weighted by Crippen LogP contribution is 2.38. The summed E-state index contributed by atoms with van der Waals surface area (Å²) in [6.07, 6.45) is 2.45. The number of carbonyl (C=O) groups excluding carboxylic acids is 3. The van der Waals surface area contributed by atoms with Gasteiger partial charge in [0.15, 0.2) is 17.0 Å². The van der Waals surface area contributed by atoms with Crippen molar-refractivity contribution in [3.63, 3.8) is 0 Å². The standard InChI is InChI=1S/C27H27N3O6/c1-27(23-15-18-6-2-3-8-20(18)36-23)25(32)30(26(33)28-27)16-24(31)29-11-4-7-19(29)17-9-10-21-22(14-17)35-13-5-12-34-21/h2-3,6,8-10,14-15,19H,4-5,7,11-13,16H2,1H3,(H,28,33)/t19-,27-/m0/s1. The molecule has 0 bridgehead atoms. The van der Waals surface area contributed by atoms with Crippen LogP contribution in [-0.2, 0) is 15.1 Å². The maximum absolute atomic E-state index is 13.4. The third-order valence-corrected chi connectivity index (χ3v) is 7.22. The molecule has 0 saturated carbocycles. The van der Waals surface area contributed by atoms with Crippen molar-refractivity contribution in [2.24, 2.45) is 0 Å². The summed E-state index contributed by atoms with van der Waals surface area (Å²) in [7, 11) is 0. The van der Waals surface area contributed by atoms with Crippen LogP contribution in [-0.4, -0.2) is 53.9 Å². The van der Waals surface area contributed by atoms with Gasteiger partial charge in [-0.15, -0.1) is 0 Å². The molecule has 2 atom stereocenters. The minimum atomic E-state index is -1.38. The zero-order chi connectivity index (χ0) is 24.9. The summed E-state index contributed by atoms with van der Waals surface area (Å²) < 4.78 is 17.4. The highest BCUT2D eigenvalue weighted by molar-refractivity contribution is 6.09. The van der Waals surface area contributed by atoms with Gasteiger partial charge in [-0.2, -0.15) is 0 Å². The number of urea groups is 1. The van der Waals surface area contributed by atoms with Crippen molar-refractivity contribution in [2.45, 2.75) is 37.8 Å². The number of furan rings is 1. The lowest BCUT2D eigenvalue weighted by atomic mass is 9.99. The van der Waals surface area contributed by atoms with E-state index >= 15 is 0 Å². The van der Waals surface area contributed by atoms with Crippen LogP contribution in [0.4, 0.5) is 4.79 Å². The molecule has 0 spiro atoms. The summed E-state index contributed by atoms with van der Waals surface area (Å²) >= 11 is 0. The summed E-state index contributed by atoms with van der Waals surface area (Å²) in [5.41, 5.74) is 0.199. The van der Waals surface area contributed by atoms with Gasteiger partial charge in [0, 0.05) is 18.4 Å². The first kappa shape index (κ1) is 22.5. The van der Waals surface area contributed by atoms with Crippen LogP contribution in [0.3, 0.4) is 0 Å². The van der Waals surface area contributed by atoms with Gasteiger partial charge in [0.1, 0.15) is 17.9 Å². The van der Waals surface area contributed by atoms with E-state index in [2.05, 4.69) is 5.32 Å². The van der Waals surface area contributed by atoms with Crippen LogP contribution in [0, 0.1) is 0 Å². The molecule has 1 aromatic heterocycles. The van der Waals surface area contributed by atoms with E-state index in [-0.39, 0.29) is 18.5 Å². The molecule has 6 rings (SSSR count). The summed E-state index contributed by atoms with van der Waals surface area (Å²) in [6.45, 7) is 3.02. The van der Waals surface area contributed by atoms with E-state index in [4.69, 9.17) is 13.9 Å². The van der Waals surface area contributed by atoms with Gasteiger partial charge in [0.25, 0.3) is 5.91 Å². The third-order valence-electron chi connectivity index (χ3n) is 7.22. The van der Waals surface area contributed by atoms with Crippen molar-refractivity contribution in [1.82, 2.24) is 15.1 Å². The quantitative estimate of drug-likeness (QED) is 0.561. The van der Waals surface area contributed by atoms with Crippen molar-refractivity contribution in [1.29, 1.82) is 0 Å². The number of imide groups is 1. The number of benzene rings is 2. The molecule has 0 aliphatic carbocycles. The summed E-state index contributed by atoms with van der Waals surface area (Å²) in [5, 5.41) is 3.56. The van der Waals surface area contributed by atoms with Gasteiger partial charge in [-0.25, -0.2) is 4.79 Å². The maximum atomic E-state index is 13.4. The molecule has 3 aliphatic heterocycles. The van der Waals surface area contributed by atoms with Crippen LogP contribution in [0.25, 0.3) is 11.0 Å².